The van der Waals surface area contributed by atoms with Crippen LogP contribution < -0.4 is 5.32 Å². The van der Waals surface area contributed by atoms with E-state index in [0.717, 1.165) is 49.1 Å². The summed E-state index contributed by atoms with van der Waals surface area (Å²) in [6.07, 6.45) is 0. The Morgan fingerprint density at radius 3 is 2.90 bits per heavy atom. The van der Waals surface area contributed by atoms with Crippen LogP contribution in [0.3, 0.4) is 0 Å². The average Bonchev–Trinajstić information content (AvgIpc) is 2.81. The minimum absolute atomic E-state index is 0.546. The fraction of sp³-hybridized carbons (Fsp3) is 0.438. The van der Waals surface area contributed by atoms with Crippen LogP contribution in [-0.4, -0.2) is 35.6 Å². The third kappa shape index (κ3) is 2.92. The van der Waals surface area contributed by atoms with Gasteiger partial charge in [-0.05, 0) is 26.0 Å². The predicted octanol–water partition coefficient (Wildman–Crippen LogP) is 2.44. The second-order valence-corrected chi connectivity index (χ2v) is 5.48. The van der Waals surface area contributed by atoms with E-state index < -0.39 is 0 Å². The van der Waals surface area contributed by atoms with E-state index >= 15 is 0 Å². The molecule has 1 atom stereocenters. The van der Waals surface area contributed by atoms with Gasteiger partial charge in [-0.2, -0.15) is 0 Å². The first-order chi connectivity index (χ1) is 9.72. The summed E-state index contributed by atoms with van der Waals surface area (Å²) in [7, 11) is 0. The van der Waals surface area contributed by atoms with E-state index in [4.69, 9.17) is 4.42 Å². The minimum Gasteiger partial charge on any atom is -0.441 e. The summed E-state index contributed by atoms with van der Waals surface area (Å²) in [5, 5.41) is 3.46. The molecule has 0 aliphatic carbocycles. The summed E-state index contributed by atoms with van der Waals surface area (Å²) >= 11 is 0. The molecule has 2 aromatic rings. The number of aryl methyl sites for hydroxylation is 1. The van der Waals surface area contributed by atoms with Gasteiger partial charge in [0.1, 0.15) is 5.76 Å². The van der Waals surface area contributed by atoms with Crippen molar-refractivity contribution in [3.05, 3.63) is 41.8 Å². The normalized spacial score (nSPS) is 20.2. The van der Waals surface area contributed by atoms with Crippen LogP contribution in [0, 0.1) is 6.92 Å². The Kier molecular flexibility index (Phi) is 3.85. The lowest BCUT2D eigenvalue weighted by atomic mass is 10.2. The third-order valence-electron chi connectivity index (χ3n) is 3.74. The molecule has 1 aliphatic heterocycles. The van der Waals surface area contributed by atoms with Gasteiger partial charge in [0, 0.05) is 37.8 Å². The number of nitrogens with zero attached hydrogens (tertiary/aromatic N) is 2. The van der Waals surface area contributed by atoms with Gasteiger partial charge in [-0.25, -0.2) is 4.98 Å². The lowest BCUT2D eigenvalue weighted by Crippen LogP contribution is -2.48. The van der Waals surface area contributed by atoms with Crippen molar-refractivity contribution in [2.75, 3.05) is 19.6 Å². The maximum Gasteiger partial charge on any atom is 0.226 e. The van der Waals surface area contributed by atoms with Crippen LogP contribution >= 0.6 is 0 Å². The molecule has 1 fully saturated rings. The maximum absolute atomic E-state index is 5.82. The molecule has 0 amide bonds. The summed E-state index contributed by atoms with van der Waals surface area (Å²) in [4.78, 5) is 7.10. The first-order valence-electron chi connectivity index (χ1n) is 7.20. The second kappa shape index (κ2) is 5.77. The fourth-order valence-electron chi connectivity index (χ4n) is 2.65. The second-order valence-electron chi connectivity index (χ2n) is 5.48. The molecule has 4 nitrogen and oxygen atoms in total. The van der Waals surface area contributed by atoms with E-state index in [9.17, 15) is 0 Å². The highest BCUT2D eigenvalue weighted by atomic mass is 16.4. The molecular formula is C16H21N3O. The van der Waals surface area contributed by atoms with Crippen LogP contribution in [0.15, 0.2) is 34.7 Å². The number of hydrogen-bond donors (Lipinski definition) is 1. The van der Waals surface area contributed by atoms with Gasteiger partial charge in [-0.3, -0.25) is 4.90 Å². The summed E-state index contributed by atoms with van der Waals surface area (Å²) in [5.41, 5.74) is 2.09. The van der Waals surface area contributed by atoms with E-state index in [1.54, 1.807) is 0 Å². The van der Waals surface area contributed by atoms with Crippen molar-refractivity contribution in [3.8, 4) is 11.5 Å². The molecular weight excluding hydrogens is 250 g/mol. The smallest absolute Gasteiger partial charge is 0.226 e. The zero-order valence-corrected chi connectivity index (χ0v) is 12.1. The number of rotatable bonds is 3. The first kappa shape index (κ1) is 13.3. The average molecular weight is 271 g/mol. The number of nitrogens with one attached hydrogen (secondary N) is 1. The molecule has 106 valence electrons. The number of benzene rings is 1. The van der Waals surface area contributed by atoms with Crippen LogP contribution in [0.25, 0.3) is 11.5 Å². The molecule has 1 saturated heterocycles. The summed E-state index contributed by atoms with van der Waals surface area (Å²) in [6.45, 7) is 8.26. The Balaban J connectivity index is 1.76. The van der Waals surface area contributed by atoms with Gasteiger partial charge in [-0.1, -0.05) is 18.2 Å². The molecule has 0 radical (unpaired) electrons. The van der Waals surface area contributed by atoms with Crippen LogP contribution in [0.5, 0.6) is 0 Å². The molecule has 1 aromatic heterocycles. The highest BCUT2D eigenvalue weighted by molar-refractivity contribution is 5.53. The van der Waals surface area contributed by atoms with Crippen LogP contribution in [0.4, 0.5) is 0 Å². The number of piperazine rings is 1. The van der Waals surface area contributed by atoms with E-state index in [2.05, 4.69) is 22.1 Å². The minimum atomic E-state index is 0.546. The number of aromatic nitrogens is 1. The maximum atomic E-state index is 5.82. The van der Waals surface area contributed by atoms with Crippen molar-refractivity contribution in [1.82, 2.24) is 15.2 Å². The number of hydrogen-bond acceptors (Lipinski definition) is 4. The van der Waals surface area contributed by atoms with E-state index in [1.165, 1.54) is 0 Å². The monoisotopic (exact) mass is 271 g/mol. The molecule has 1 unspecified atom stereocenters. The zero-order valence-electron chi connectivity index (χ0n) is 12.1. The third-order valence-corrected chi connectivity index (χ3v) is 3.74. The highest BCUT2D eigenvalue weighted by Crippen LogP contribution is 2.22. The summed E-state index contributed by atoms with van der Waals surface area (Å²) < 4.78 is 5.82. The Morgan fingerprint density at radius 1 is 1.35 bits per heavy atom. The quantitative estimate of drug-likeness (QED) is 0.931. The molecule has 1 aliphatic rings. The standard InChI is InChI=1S/C16H21N3O/c1-12-10-19(9-8-17-12)11-15-13(2)20-16(18-15)14-6-4-3-5-7-14/h3-7,12,17H,8-11H2,1-2H3. The van der Waals surface area contributed by atoms with Gasteiger partial charge in [-0.15, -0.1) is 0 Å². The van der Waals surface area contributed by atoms with Crippen molar-refractivity contribution in [1.29, 1.82) is 0 Å². The molecule has 3 rings (SSSR count). The summed E-state index contributed by atoms with van der Waals surface area (Å²) in [6, 6.07) is 10.6. The molecule has 1 N–H and O–H groups in total. The first-order valence-corrected chi connectivity index (χ1v) is 7.20. The van der Waals surface area contributed by atoms with Gasteiger partial charge < -0.3 is 9.73 Å². The summed E-state index contributed by atoms with van der Waals surface area (Å²) in [5.74, 6) is 1.65. The highest BCUT2D eigenvalue weighted by Gasteiger charge is 2.19. The zero-order chi connectivity index (χ0) is 13.9. The molecule has 2 heterocycles. The van der Waals surface area contributed by atoms with E-state index in [1.807, 2.05) is 37.3 Å². The molecule has 0 saturated carbocycles. The molecule has 0 bridgehead atoms. The van der Waals surface area contributed by atoms with Crippen molar-refractivity contribution >= 4 is 0 Å². The molecule has 1 aromatic carbocycles. The fourth-order valence-corrected chi connectivity index (χ4v) is 2.65. The van der Waals surface area contributed by atoms with Crippen molar-refractivity contribution in [2.45, 2.75) is 26.4 Å². The van der Waals surface area contributed by atoms with Gasteiger partial charge in [0.25, 0.3) is 0 Å². The van der Waals surface area contributed by atoms with Crippen LogP contribution in [0.2, 0.25) is 0 Å². The lowest BCUT2D eigenvalue weighted by molar-refractivity contribution is 0.197. The van der Waals surface area contributed by atoms with E-state index in [0.29, 0.717) is 6.04 Å². The molecule has 4 heteroatoms. The predicted molar refractivity (Wildman–Crippen MR) is 79.4 cm³/mol. The van der Waals surface area contributed by atoms with Crippen molar-refractivity contribution in [3.63, 3.8) is 0 Å². The Morgan fingerprint density at radius 2 is 2.15 bits per heavy atom. The lowest BCUT2D eigenvalue weighted by Gasteiger charge is -2.31. The van der Waals surface area contributed by atoms with E-state index in [-0.39, 0.29) is 0 Å². The van der Waals surface area contributed by atoms with Crippen molar-refractivity contribution in [2.24, 2.45) is 0 Å². The molecule has 0 spiro atoms. The van der Waals surface area contributed by atoms with Crippen molar-refractivity contribution < 1.29 is 4.42 Å². The van der Waals surface area contributed by atoms with Gasteiger partial charge >= 0.3 is 0 Å². The Labute approximate surface area is 119 Å². The van der Waals surface area contributed by atoms with Gasteiger partial charge in [0.05, 0.1) is 5.69 Å². The Hall–Kier alpha value is -1.65. The van der Waals surface area contributed by atoms with Crippen LogP contribution in [-0.2, 0) is 6.54 Å². The SMILES string of the molecule is Cc1oc(-c2ccccc2)nc1CN1CCNC(C)C1. The Bertz CT molecular complexity index is 564. The van der Waals surface area contributed by atoms with Crippen LogP contribution in [0.1, 0.15) is 18.4 Å². The number of oxazole rings is 1. The van der Waals surface area contributed by atoms with Gasteiger partial charge in [0.15, 0.2) is 0 Å². The largest absolute Gasteiger partial charge is 0.441 e. The molecule has 20 heavy (non-hydrogen) atoms. The topological polar surface area (TPSA) is 41.3 Å². The van der Waals surface area contributed by atoms with Gasteiger partial charge in [0.2, 0.25) is 5.89 Å².